The second-order valence-electron chi connectivity index (χ2n) is 6.86. The zero-order valence-electron chi connectivity index (χ0n) is 13.2. The first-order chi connectivity index (χ1) is 8.83. The van der Waals surface area contributed by atoms with Crippen LogP contribution >= 0.6 is 0 Å². The fourth-order valence-corrected chi connectivity index (χ4v) is 2.59. The molecule has 1 aromatic carbocycles. The summed E-state index contributed by atoms with van der Waals surface area (Å²) >= 11 is 0. The van der Waals surface area contributed by atoms with Gasteiger partial charge in [0.25, 0.3) is 0 Å². The van der Waals surface area contributed by atoms with Crippen LogP contribution < -0.4 is 0 Å². The molecule has 0 amide bonds. The van der Waals surface area contributed by atoms with E-state index in [1.165, 1.54) is 18.4 Å². The average Bonchev–Trinajstić information content (AvgIpc) is 2.33. The van der Waals surface area contributed by atoms with Crippen molar-refractivity contribution < 1.29 is 0 Å². The summed E-state index contributed by atoms with van der Waals surface area (Å²) in [4.78, 5) is 0. The number of benzene rings is 1. The highest BCUT2D eigenvalue weighted by molar-refractivity contribution is 6.84. The van der Waals surface area contributed by atoms with Gasteiger partial charge in [0, 0.05) is 0 Å². The minimum Gasteiger partial charge on any atom is -0.134 e. The van der Waals surface area contributed by atoms with Crippen LogP contribution in [0.1, 0.15) is 39.2 Å². The van der Waals surface area contributed by atoms with E-state index in [2.05, 4.69) is 81.7 Å². The van der Waals surface area contributed by atoms with E-state index in [-0.39, 0.29) is 0 Å². The highest BCUT2D eigenvalue weighted by Gasteiger charge is 2.32. The Morgan fingerprint density at radius 2 is 1.74 bits per heavy atom. The molecule has 0 fully saturated rings. The summed E-state index contributed by atoms with van der Waals surface area (Å²) in [5.41, 5.74) is 7.22. The van der Waals surface area contributed by atoms with Crippen LogP contribution in [-0.2, 0) is 6.42 Å². The van der Waals surface area contributed by atoms with E-state index in [0.717, 1.165) is 6.42 Å². The third-order valence-electron chi connectivity index (χ3n) is 4.15. The first kappa shape index (κ1) is 16.0. The molecule has 0 aliphatic rings. The number of hydrogen-bond acceptors (Lipinski definition) is 0. The number of aryl methyl sites for hydroxylation is 1. The molecule has 0 atom stereocenters. The number of rotatable bonds is 5. The molecule has 0 aliphatic heterocycles. The van der Waals surface area contributed by atoms with Crippen LogP contribution in [0.25, 0.3) is 0 Å². The Balaban J connectivity index is 2.39. The second-order valence-corrected chi connectivity index (χ2v) is 12.1. The van der Waals surface area contributed by atoms with Gasteiger partial charge in [-0.1, -0.05) is 69.9 Å². The van der Waals surface area contributed by atoms with Crippen LogP contribution in [-0.4, -0.2) is 8.07 Å². The SMILES string of the molecule is CC(C)(C)[Si](C)(C)C=C=CCCCc1ccccc1. The summed E-state index contributed by atoms with van der Waals surface area (Å²) in [6.07, 6.45) is 5.71. The molecule has 0 saturated carbocycles. The summed E-state index contributed by atoms with van der Waals surface area (Å²) in [6, 6.07) is 10.7. The van der Waals surface area contributed by atoms with Gasteiger partial charge in [0.1, 0.15) is 0 Å². The van der Waals surface area contributed by atoms with Gasteiger partial charge in [-0.25, -0.2) is 0 Å². The smallest absolute Gasteiger partial charge is 0.0864 e. The molecule has 0 nitrogen and oxygen atoms in total. The van der Waals surface area contributed by atoms with Crippen LogP contribution in [0.4, 0.5) is 0 Å². The van der Waals surface area contributed by atoms with Gasteiger partial charge in [0.05, 0.1) is 8.07 Å². The largest absolute Gasteiger partial charge is 0.134 e. The molecule has 0 heterocycles. The fraction of sp³-hybridized carbons (Fsp3) is 0.500. The standard InChI is InChI=1S/C18H28Si/c1-18(2,3)19(4,5)16-12-7-6-9-13-17-14-10-8-11-15-17/h7-8,10-11,14-16H,6,9,13H2,1-5H3. The summed E-state index contributed by atoms with van der Waals surface area (Å²) in [5.74, 6) is 0. The Bertz CT molecular complexity index is 429. The van der Waals surface area contributed by atoms with Crippen molar-refractivity contribution >= 4 is 8.07 Å². The molecule has 19 heavy (non-hydrogen) atoms. The topological polar surface area (TPSA) is 0 Å². The van der Waals surface area contributed by atoms with E-state index < -0.39 is 8.07 Å². The quantitative estimate of drug-likeness (QED) is 0.363. The maximum atomic E-state index is 3.43. The van der Waals surface area contributed by atoms with Gasteiger partial charge in [-0.05, 0) is 35.9 Å². The van der Waals surface area contributed by atoms with Crippen LogP contribution in [0.15, 0.2) is 47.8 Å². The van der Waals surface area contributed by atoms with E-state index in [1.54, 1.807) is 0 Å². The molecule has 1 heteroatoms. The summed E-state index contributed by atoms with van der Waals surface area (Å²) in [5, 5.41) is 0.415. The molecule has 1 aromatic rings. The van der Waals surface area contributed by atoms with Crippen molar-refractivity contribution in [2.45, 2.75) is 58.2 Å². The van der Waals surface area contributed by atoms with E-state index >= 15 is 0 Å². The molecule has 0 unspecified atom stereocenters. The van der Waals surface area contributed by atoms with E-state index in [1.807, 2.05) is 0 Å². The molecule has 0 bridgehead atoms. The second kappa shape index (κ2) is 6.93. The van der Waals surface area contributed by atoms with E-state index in [4.69, 9.17) is 0 Å². The lowest BCUT2D eigenvalue weighted by Crippen LogP contribution is -2.34. The molecule has 0 aromatic heterocycles. The molecule has 0 aliphatic carbocycles. The predicted octanol–water partition coefficient (Wildman–Crippen LogP) is 5.77. The van der Waals surface area contributed by atoms with Crippen LogP contribution in [0, 0.1) is 0 Å². The van der Waals surface area contributed by atoms with Crippen molar-refractivity contribution in [3.05, 3.63) is 53.4 Å². The molecule has 0 N–H and O–H groups in total. The maximum absolute atomic E-state index is 3.43. The van der Waals surface area contributed by atoms with Crippen LogP contribution in [0.2, 0.25) is 18.1 Å². The van der Waals surface area contributed by atoms with E-state index in [9.17, 15) is 0 Å². The number of unbranched alkanes of at least 4 members (excludes halogenated alkanes) is 1. The molecular formula is C18H28Si. The third kappa shape index (κ3) is 5.63. The zero-order chi connectivity index (χ0) is 14.4. The maximum Gasteiger partial charge on any atom is 0.0864 e. The van der Waals surface area contributed by atoms with E-state index in [0.29, 0.717) is 5.04 Å². The predicted molar refractivity (Wildman–Crippen MR) is 89.2 cm³/mol. The minimum atomic E-state index is -1.30. The van der Waals surface area contributed by atoms with Crippen molar-refractivity contribution in [3.63, 3.8) is 0 Å². The lowest BCUT2D eigenvalue weighted by Gasteiger charge is -2.33. The van der Waals surface area contributed by atoms with Crippen molar-refractivity contribution in [2.75, 3.05) is 0 Å². The van der Waals surface area contributed by atoms with Gasteiger partial charge in [0.2, 0.25) is 0 Å². The van der Waals surface area contributed by atoms with Crippen molar-refractivity contribution in [1.82, 2.24) is 0 Å². The molecular weight excluding hydrogens is 244 g/mol. The normalized spacial score (nSPS) is 11.8. The Kier molecular flexibility index (Phi) is 5.84. The first-order valence-electron chi connectivity index (χ1n) is 7.29. The minimum absolute atomic E-state index is 0.415. The molecule has 0 spiro atoms. The average molecular weight is 273 g/mol. The third-order valence-corrected chi connectivity index (χ3v) is 8.91. The fourth-order valence-electron chi connectivity index (χ4n) is 1.62. The summed E-state index contributed by atoms with van der Waals surface area (Å²) in [6.45, 7) is 11.8. The lowest BCUT2D eigenvalue weighted by molar-refractivity contribution is 0.729. The Labute approximate surface area is 120 Å². The van der Waals surface area contributed by atoms with Gasteiger partial charge < -0.3 is 0 Å². The summed E-state index contributed by atoms with van der Waals surface area (Å²) in [7, 11) is -1.30. The number of hydrogen-bond donors (Lipinski definition) is 0. The Morgan fingerprint density at radius 1 is 1.11 bits per heavy atom. The van der Waals surface area contributed by atoms with Gasteiger partial charge in [0.15, 0.2) is 0 Å². The van der Waals surface area contributed by atoms with Crippen molar-refractivity contribution in [2.24, 2.45) is 0 Å². The Morgan fingerprint density at radius 3 is 2.32 bits per heavy atom. The van der Waals surface area contributed by atoms with Gasteiger partial charge in [-0.2, -0.15) is 0 Å². The molecule has 0 saturated heterocycles. The monoisotopic (exact) mass is 272 g/mol. The van der Waals surface area contributed by atoms with Crippen molar-refractivity contribution in [3.8, 4) is 0 Å². The highest BCUT2D eigenvalue weighted by Crippen LogP contribution is 2.36. The molecule has 104 valence electrons. The highest BCUT2D eigenvalue weighted by atomic mass is 28.3. The summed E-state index contributed by atoms with van der Waals surface area (Å²) < 4.78 is 0. The Hall–Kier alpha value is -1.04. The van der Waals surface area contributed by atoms with Crippen LogP contribution in [0.3, 0.4) is 0 Å². The van der Waals surface area contributed by atoms with Gasteiger partial charge >= 0.3 is 0 Å². The van der Waals surface area contributed by atoms with Crippen molar-refractivity contribution in [1.29, 1.82) is 0 Å². The zero-order valence-corrected chi connectivity index (χ0v) is 14.2. The first-order valence-corrected chi connectivity index (χ1v) is 10.4. The molecule has 0 radical (unpaired) electrons. The van der Waals surface area contributed by atoms with Crippen LogP contribution in [0.5, 0.6) is 0 Å². The lowest BCUT2D eigenvalue weighted by atomic mass is 10.1. The number of allylic oxidation sites excluding steroid dienone is 1. The van der Waals surface area contributed by atoms with Gasteiger partial charge in [-0.3, -0.25) is 0 Å². The van der Waals surface area contributed by atoms with Gasteiger partial charge in [-0.15, -0.1) is 5.73 Å². The molecule has 1 rings (SSSR count).